The molecule has 1 spiro atoms. The van der Waals surface area contributed by atoms with Crippen LogP contribution < -0.4 is 10.5 Å². The summed E-state index contributed by atoms with van der Waals surface area (Å²) >= 11 is 0. The Labute approximate surface area is 96.8 Å². The number of fused-ring (bicyclic) bond motifs is 1. The average molecular weight is 217 g/mol. The first kappa shape index (κ1) is 10.2. The lowest BCUT2D eigenvalue weighted by Crippen LogP contribution is -2.44. The van der Waals surface area contributed by atoms with Crippen LogP contribution in [0.25, 0.3) is 0 Å². The Hall–Kier alpha value is -1.02. The van der Waals surface area contributed by atoms with Gasteiger partial charge in [0.2, 0.25) is 0 Å². The van der Waals surface area contributed by atoms with Crippen LogP contribution >= 0.6 is 0 Å². The fourth-order valence-electron chi connectivity index (χ4n) is 3.29. The molecule has 1 aromatic carbocycles. The van der Waals surface area contributed by atoms with Crippen LogP contribution in [-0.2, 0) is 0 Å². The number of ether oxygens (including phenoxy) is 1. The Bertz CT molecular complexity index is 403. The highest BCUT2D eigenvalue weighted by Gasteiger charge is 2.46. The van der Waals surface area contributed by atoms with Gasteiger partial charge in [-0.25, -0.2) is 0 Å². The Morgan fingerprint density at radius 3 is 2.94 bits per heavy atom. The molecule has 1 saturated carbocycles. The molecule has 2 aliphatic rings. The van der Waals surface area contributed by atoms with E-state index in [2.05, 4.69) is 19.1 Å². The zero-order chi connectivity index (χ0) is 11.2. The smallest absolute Gasteiger partial charge is 0.124 e. The summed E-state index contributed by atoms with van der Waals surface area (Å²) in [6, 6.07) is 8.36. The van der Waals surface area contributed by atoms with Crippen molar-refractivity contribution in [1.29, 1.82) is 0 Å². The van der Waals surface area contributed by atoms with Crippen LogP contribution in [0.2, 0.25) is 0 Å². The number of benzene rings is 1. The molecule has 0 radical (unpaired) electrons. The minimum atomic E-state index is 0.0216. The van der Waals surface area contributed by atoms with Crippen LogP contribution in [-0.4, -0.2) is 5.60 Å². The molecule has 0 aromatic heterocycles. The summed E-state index contributed by atoms with van der Waals surface area (Å²) in [6.07, 6.45) is 4.69. The number of para-hydroxylation sites is 1. The lowest BCUT2D eigenvalue weighted by molar-refractivity contribution is 0.00668. The van der Waals surface area contributed by atoms with E-state index in [1.165, 1.54) is 18.4 Å². The van der Waals surface area contributed by atoms with E-state index in [1.54, 1.807) is 0 Å². The van der Waals surface area contributed by atoms with Crippen molar-refractivity contribution in [2.24, 2.45) is 11.7 Å². The fourth-order valence-corrected chi connectivity index (χ4v) is 3.29. The van der Waals surface area contributed by atoms with Crippen molar-refractivity contribution in [2.75, 3.05) is 0 Å². The largest absolute Gasteiger partial charge is 0.487 e. The molecule has 2 N–H and O–H groups in total. The summed E-state index contributed by atoms with van der Waals surface area (Å²) in [4.78, 5) is 0. The molecular formula is C14H19NO. The van der Waals surface area contributed by atoms with Crippen LogP contribution in [0.4, 0.5) is 0 Å². The fraction of sp³-hybridized carbons (Fsp3) is 0.571. The summed E-state index contributed by atoms with van der Waals surface area (Å²) < 4.78 is 6.28. The number of rotatable bonds is 0. The molecule has 0 bridgehead atoms. The predicted octanol–water partition coefficient (Wildman–Crippen LogP) is 3.03. The summed E-state index contributed by atoms with van der Waals surface area (Å²) in [5, 5.41) is 0. The zero-order valence-electron chi connectivity index (χ0n) is 9.78. The van der Waals surface area contributed by atoms with Gasteiger partial charge in [-0.3, -0.25) is 0 Å². The number of nitrogens with two attached hydrogens (primary N) is 1. The highest BCUT2D eigenvalue weighted by Crippen LogP contribution is 2.48. The highest BCUT2D eigenvalue weighted by molar-refractivity contribution is 5.39. The molecule has 0 saturated heterocycles. The van der Waals surface area contributed by atoms with Crippen molar-refractivity contribution in [3.05, 3.63) is 29.8 Å². The van der Waals surface area contributed by atoms with Gasteiger partial charge in [-0.05, 0) is 31.2 Å². The van der Waals surface area contributed by atoms with Crippen molar-refractivity contribution in [3.63, 3.8) is 0 Å². The first-order chi connectivity index (χ1) is 7.71. The normalized spacial score (nSPS) is 37.1. The monoisotopic (exact) mass is 217 g/mol. The van der Waals surface area contributed by atoms with Crippen molar-refractivity contribution in [3.8, 4) is 5.75 Å². The van der Waals surface area contributed by atoms with E-state index in [-0.39, 0.29) is 11.6 Å². The lowest BCUT2D eigenvalue weighted by Gasteiger charge is -2.41. The molecule has 2 nitrogen and oxygen atoms in total. The van der Waals surface area contributed by atoms with Crippen LogP contribution in [0, 0.1) is 5.92 Å². The number of hydrogen-bond acceptors (Lipinski definition) is 2. The van der Waals surface area contributed by atoms with Crippen molar-refractivity contribution >= 4 is 0 Å². The van der Waals surface area contributed by atoms with Crippen molar-refractivity contribution < 1.29 is 4.74 Å². The summed E-state index contributed by atoms with van der Waals surface area (Å²) in [6.45, 7) is 2.30. The van der Waals surface area contributed by atoms with E-state index in [0.29, 0.717) is 5.92 Å². The van der Waals surface area contributed by atoms with Crippen molar-refractivity contribution in [1.82, 2.24) is 0 Å². The second-order valence-electron chi connectivity index (χ2n) is 5.31. The van der Waals surface area contributed by atoms with Gasteiger partial charge in [-0.2, -0.15) is 0 Å². The van der Waals surface area contributed by atoms with E-state index >= 15 is 0 Å². The average Bonchev–Trinajstić information content (AvgIpc) is 2.60. The molecule has 2 heteroatoms. The maximum absolute atomic E-state index is 6.28. The van der Waals surface area contributed by atoms with Gasteiger partial charge >= 0.3 is 0 Å². The maximum atomic E-state index is 6.28. The van der Waals surface area contributed by atoms with Gasteiger partial charge < -0.3 is 10.5 Å². The van der Waals surface area contributed by atoms with Gasteiger partial charge in [0, 0.05) is 18.0 Å². The van der Waals surface area contributed by atoms with Gasteiger partial charge in [0.1, 0.15) is 11.4 Å². The minimum absolute atomic E-state index is 0.0216. The molecule has 2 unspecified atom stereocenters. The molecule has 1 heterocycles. The van der Waals surface area contributed by atoms with Gasteiger partial charge in [0.25, 0.3) is 0 Å². The molecule has 86 valence electrons. The Morgan fingerprint density at radius 1 is 1.38 bits per heavy atom. The van der Waals surface area contributed by atoms with Gasteiger partial charge in [-0.15, -0.1) is 0 Å². The topological polar surface area (TPSA) is 35.2 Å². The molecule has 3 atom stereocenters. The highest BCUT2D eigenvalue weighted by atomic mass is 16.5. The summed E-state index contributed by atoms with van der Waals surface area (Å²) in [7, 11) is 0. The quantitative estimate of drug-likeness (QED) is 0.725. The van der Waals surface area contributed by atoms with Gasteiger partial charge in [-0.1, -0.05) is 25.1 Å². The van der Waals surface area contributed by atoms with Crippen LogP contribution in [0.3, 0.4) is 0 Å². The maximum Gasteiger partial charge on any atom is 0.124 e. The van der Waals surface area contributed by atoms with E-state index in [9.17, 15) is 0 Å². The molecular weight excluding hydrogens is 198 g/mol. The van der Waals surface area contributed by atoms with Gasteiger partial charge in [0.15, 0.2) is 0 Å². The second-order valence-corrected chi connectivity index (χ2v) is 5.31. The lowest BCUT2D eigenvalue weighted by atomic mass is 9.81. The van der Waals surface area contributed by atoms with E-state index in [0.717, 1.165) is 18.6 Å². The Balaban J connectivity index is 2.00. The third-order valence-electron chi connectivity index (χ3n) is 4.33. The minimum Gasteiger partial charge on any atom is -0.487 e. The molecule has 0 amide bonds. The summed E-state index contributed by atoms with van der Waals surface area (Å²) in [5.41, 5.74) is 7.48. The van der Waals surface area contributed by atoms with Crippen LogP contribution in [0.15, 0.2) is 24.3 Å². The first-order valence-corrected chi connectivity index (χ1v) is 6.25. The van der Waals surface area contributed by atoms with E-state index in [4.69, 9.17) is 10.5 Å². The van der Waals surface area contributed by atoms with Crippen LogP contribution in [0.1, 0.15) is 44.2 Å². The molecule has 1 aliphatic heterocycles. The van der Waals surface area contributed by atoms with E-state index < -0.39 is 0 Å². The predicted molar refractivity (Wildman–Crippen MR) is 64.4 cm³/mol. The standard InChI is InChI=1S/C14H19NO/c1-10-5-4-8-14(10)9-12(15)11-6-2-3-7-13(11)16-14/h2-3,6-7,10,12H,4-5,8-9,15H2,1H3/t10?,12-,14?/m0/s1. The van der Waals surface area contributed by atoms with Crippen LogP contribution in [0.5, 0.6) is 5.75 Å². The molecule has 3 rings (SSSR count). The van der Waals surface area contributed by atoms with Crippen molar-refractivity contribution in [2.45, 2.75) is 44.2 Å². The molecule has 1 aromatic rings. The number of hydrogen-bond donors (Lipinski definition) is 1. The third kappa shape index (κ3) is 1.36. The second kappa shape index (κ2) is 3.49. The zero-order valence-corrected chi connectivity index (χ0v) is 9.78. The third-order valence-corrected chi connectivity index (χ3v) is 4.33. The molecule has 1 aliphatic carbocycles. The Kier molecular flexibility index (Phi) is 2.21. The molecule has 1 fully saturated rings. The first-order valence-electron chi connectivity index (χ1n) is 6.25. The SMILES string of the molecule is CC1CCCC12C[C@H](N)c1ccccc1O2. The summed E-state index contributed by atoms with van der Waals surface area (Å²) in [5.74, 6) is 1.64. The van der Waals surface area contributed by atoms with Gasteiger partial charge in [0.05, 0.1) is 0 Å². The molecule has 16 heavy (non-hydrogen) atoms. The Morgan fingerprint density at radius 2 is 2.19 bits per heavy atom. The van der Waals surface area contributed by atoms with E-state index in [1.807, 2.05) is 12.1 Å².